The van der Waals surface area contributed by atoms with Gasteiger partial charge < -0.3 is 24.2 Å². The highest BCUT2D eigenvalue weighted by molar-refractivity contribution is 14.1. The molecule has 13 heteroatoms. The van der Waals surface area contributed by atoms with E-state index in [9.17, 15) is 9.90 Å². The summed E-state index contributed by atoms with van der Waals surface area (Å²) < 4.78 is 21.0. The van der Waals surface area contributed by atoms with Crippen molar-refractivity contribution in [2.24, 2.45) is 0 Å². The van der Waals surface area contributed by atoms with Gasteiger partial charge in [0.25, 0.3) is 0 Å². The van der Waals surface area contributed by atoms with Crippen molar-refractivity contribution in [3.63, 3.8) is 0 Å². The summed E-state index contributed by atoms with van der Waals surface area (Å²) in [7, 11) is -2.42. The third kappa shape index (κ3) is 8.15. The van der Waals surface area contributed by atoms with E-state index in [1.54, 1.807) is 4.90 Å². The van der Waals surface area contributed by atoms with Crippen molar-refractivity contribution in [2.45, 2.75) is 82.2 Å². The maximum Gasteiger partial charge on any atom is 0.407 e. The number of halogens is 1. The van der Waals surface area contributed by atoms with Crippen LogP contribution in [0.1, 0.15) is 24.5 Å². The number of piperidine rings is 1. The molecule has 1 N–H and O–H groups in total. The Morgan fingerprint density at radius 2 is 1.64 bits per heavy atom. The molecule has 218 valence electrons. The number of anilines is 1. The smallest absolute Gasteiger partial charge is 0.407 e. The Labute approximate surface area is 247 Å². The van der Waals surface area contributed by atoms with Gasteiger partial charge in [-0.15, -0.1) is 0 Å². The minimum Gasteiger partial charge on any atom is -0.465 e. The molecule has 10 nitrogen and oxygen atoms in total. The van der Waals surface area contributed by atoms with Gasteiger partial charge in [-0.05, 0) is 47.5 Å². The van der Waals surface area contributed by atoms with Gasteiger partial charge in [0.05, 0.1) is 35.1 Å². The van der Waals surface area contributed by atoms with Gasteiger partial charge in [0, 0.05) is 47.0 Å². The van der Waals surface area contributed by atoms with Crippen molar-refractivity contribution >= 4 is 56.3 Å². The lowest BCUT2D eigenvalue weighted by Crippen LogP contribution is -2.58. The topological polar surface area (TPSA) is 102 Å². The second-order valence-corrected chi connectivity index (χ2v) is 25.6. The molecule has 2 aliphatic rings. The average Bonchev–Trinajstić information content (AvgIpc) is 3.21. The van der Waals surface area contributed by atoms with Crippen LogP contribution in [0, 0.1) is 3.57 Å². The molecule has 2 aliphatic heterocycles. The minimum atomic E-state index is -1.21. The predicted octanol–water partition coefficient (Wildman–Crippen LogP) is 5.39. The van der Waals surface area contributed by atoms with E-state index >= 15 is 0 Å². The lowest BCUT2D eigenvalue weighted by molar-refractivity contribution is -0.0649. The molecule has 2 unspecified atom stereocenters. The minimum absolute atomic E-state index is 0.136. The number of amides is 1. The van der Waals surface area contributed by atoms with E-state index < -0.39 is 22.2 Å². The van der Waals surface area contributed by atoms with Crippen molar-refractivity contribution in [3.8, 4) is 0 Å². The first-order valence-corrected chi connectivity index (χ1v) is 22.4. The SMILES string of the molecule is C[Si](C)(C)CCOCN(COCC[Si](C)(C)C)c1cc(C2CC3COCC(C2)N3C(=O)O)nc2c(I)cnn12. The van der Waals surface area contributed by atoms with Crippen LogP contribution in [-0.4, -0.2) is 98.8 Å². The van der Waals surface area contributed by atoms with Crippen LogP contribution in [-0.2, 0) is 14.2 Å². The summed E-state index contributed by atoms with van der Waals surface area (Å²) in [5, 5.41) is 14.4. The molecule has 0 saturated carbocycles. The Morgan fingerprint density at radius 3 is 2.15 bits per heavy atom. The van der Waals surface area contributed by atoms with Gasteiger partial charge in [-0.25, -0.2) is 9.78 Å². The Bertz CT molecular complexity index is 1100. The number of morpholine rings is 1. The van der Waals surface area contributed by atoms with Gasteiger partial charge in [-0.2, -0.15) is 9.61 Å². The van der Waals surface area contributed by atoms with Crippen LogP contribution < -0.4 is 4.90 Å². The Morgan fingerprint density at radius 1 is 1.08 bits per heavy atom. The summed E-state index contributed by atoms with van der Waals surface area (Å²) in [6, 6.07) is 3.99. The predicted molar refractivity (Wildman–Crippen MR) is 166 cm³/mol. The lowest BCUT2D eigenvalue weighted by Gasteiger charge is -2.46. The quantitative estimate of drug-likeness (QED) is 0.137. The normalized spacial score (nSPS) is 21.9. The standard InChI is InChI=1S/C26H44IN5O5Si2/c1-38(2,3)9-7-35-17-30(18-36-8-10-39(4,5)6)24-13-23(29-25-22(27)14-28-32(24)25)19-11-20-15-37-16-21(12-19)31(20)26(33)34/h13-14,19-21H,7-12,15-18H2,1-6H3,(H,33,34). The van der Waals surface area contributed by atoms with E-state index in [1.165, 1.54) is 0 Å². The molecule has 2 saturated heterocycles. The monoisotopic (exact) mass is 689 g/mol. The fourth-order valence-electron chi connectivity index (χ4n) is 5.12. The van der Waals surface area contributed by atoms with Crippen LogP contribution in [0.4, 0.5) is 10.6 Å². The summed E-state index contributed by atoms with van der Waals surface area (Å²) >= 11 is 2.28. The highest BCUT2D eigenvalue weighted by Gasteiger charge is 2.42. The molecular weight excluding hydrogens is 645 g/mol. The van der Waals surface area contributed by atoms with Gasteiger partial charge in [-0.1, -0.05) is 39.3 Å². The Hall–Kier alpha value is -1.27. The molecule has 2 atom stereocenters. The highest BCUT2D eigenvalue weighted by atomic mass is 127. The van der Waals surface area contributed by atoms with Crippen LogP contribution in [0.5, 0.6) is 0 Å². The zero-order valence-electron chi connectivity index (χ0n) is 24.2. The molecule has 0 radical (unpaired) electrons. The maximum atomic E-state index is 11.9. The van der Waals surface area contributed by atoms with Crippen LogP contribution in [0.15, 0.2) is 12.3 Å². The number of carbonyl (C=O) groups is 1. The molecule has 0 aromatic carbocycles. The summed E-state index contributed by atoms with van der Waals surface area (Å²) in [6.07, 6.45) is 2.35. The van der Waals surface area contributed by atoms with E-state index in [2.05, 4.69) is 77.9 Å². The number of ether oxygens (including phenoxy) is 3. The zero-order valence-corrected chi connectivity index (χ0v) is 28.3. The van der Waals surface area contributed by atoms with E-state index in [-0.39, 0.29) is 18.0 Å². The molecule has 2 bridgehead atoms. The highest BCUT2D eigenvalue weighted by Crippen LogP contribution is 2.38. The molecule has 2 aromatic heterocycles. The van der Waals surface area contributed by atoms with Crippen molar-refractivity contribution in [1.82, 2.24) is 19.5 Å². The molecule has 0 spiro atoms. The Kier molecular flexibility index (Phi) is 10.0. The molecule has 4 heterocycles. The van der Waals surface area contributed by atoms with E-state index in [1.807, 2.05) is 10.7 Å². The fraction of sp³-hybridized carbons (Fsp3) is 0.731. The zero-order chi connectivity index (χ0) is 28.4. The first-order chi connectivity index (χ1) is 18.3. The third-order valence-corrected chi connectivity index (χ3v) is 11.6. The maximum absolute atomic E-state index is 11.9. The molecule has 39 heavy (non-hydrogen) atoms. The molecule has 1 amide bonds. The average molecular weight is 690 g/mol. The summed E-state index contributed by atoms with van der Waals surface area (Å²) in [6.45, 7) is 17.2. The number of hydrogen-bond donors (Lipinski definition) is 1. The van der Waals surface area contributed by atoms with Crippen LogP contribution in [0.2, 0.25) is 51.4 Å². The first-order valence-electron chi connectivity index (χ1n) is 13.9. The van der Waals surface area contributed by atoms with Crippen molar-refractivity contribution < 1.29 is 24.1 Å². The second-order valence-electron chi connectivity index (χ2n) is 13.2. The number of rotatable bonds is 12. The van der Waals surface area contributed by atoms with E-state index in [0.29, 0.717) is 39.5 Å². The van der Waals surface area contributed by atoms with Crippen LogP contribution in [0.25, 0.3) is 5.65 Å². The van der Waals surface area contributed by atoms with Crippen LogP contribution in [0.3, 0.4) is 0 Å². The summed E-state index contributed by atoms with van der Waals surface area (Å²) in [5.41, 5.74) is 1.77. The molecule has 2 fully saturated rings. The van der Waals surface area contributed by atoms with Crippen LogP contribution >= 0.6 is 22.6 Å². The van der Waals surface area contributed by atoms with Gasteiger partial charge in [0.2, 0.25) is 0 Å². The van der Waals surface area contributed by atoms with Crippen molar-refractivity contribution in [2.75, 3.05) is 44.8 Å². The fourth-order valence-corrected chi connectivity index (χ4v) is 7.10. The number of hydrogen-bond acceptors (Lipinski definition) is 7. The molecule has 4 rings (SSSR count). The molecular formula is C26H44IN5O5Si2. The number of aromatic nitrogens is 3. The number of carboxylic acid groups (broad SMARTS) is 1. The molecule has 0 aliphatic carbocycles. The molecule has 2 aromatic rings. The first kappa shape index (κ1) is 30.7. The lowest BCUT2D eigenvalue weighted by atomic mass is 9.83. The van der Waals surface area contributed by atoms with E-state index in [0.717, 1.165) is 46.0 Å². The third-order valence-electron chi connectivity index (χ3n) is 7.40. The number of nitrogens with zero attached hydrogens (tertiary/aromatic N) is 5. The van der Waals surface area contributed by atoms with E-state index in [4.69, 9.17) is 19.2 Å². The van der Waals surface area contributed by atoms with Gasteiger partial charge in [0.1, 0.15) is 19.3 Å². The van der Waals surface area contributed by atoms with Gasteiger partial charge >= 0.3 is 6.09 Å². The Balaban J connectivity index is 1.61. The van der Waals surface area contributed by atoms with Gasteiger partial charge in [0.15, 0.2) is 5.65 Å². The van der Waals surface area contributed by atoms with Crippen molar-refractivity contribution in [1.29, 1.82) is 0 Å². The second kappa shape index (κ2) is 12.7. The summed E-state index contributed by atoms with van der Waals surface area (Å²) in [5.74, 6) is 1.03. The number of fused-ring (bicyclic) bond motifs is 3. The summed E-state index contributed by atoms with van der Waals surface area (Å²) in [4.78, 5) is 20.7. The largest absolute Gasteiger partial charge is 0.465 e. The van der Waals surface area contributed by atoms with Gasteiger partial charge in [-0.3, -0.25) is 4.90 Å². The van der Waals surface area contributed by atoms with Crippen molar-refractivity contribution in [3.05, 3.63) is 21.5 Å².